The van der Waals surface area contributed by atoms with Crippen molar-refractivity contribution in [3.8, 4) is 11.3 Å². The molecule has 31 heavy (non-hydrogen) atoms. The lowest BCUT2D eigenvalue weighted by atomic mass is 9.93. The molecule has 1 aliphatic carbocycles. The Morgan fingerprint density at radius 2 is 1.74 bits per heavy atom. The van der Waals surface area contributed by atoms with Gasteiger partial charge in [0.25, 0.3) is 0 Å². The normalized spacial score (nSPS) is 23.4. The van der Waals surface area contributed by atoms with Gasteiger partial charge in [-0.1, -0.05) is 24.3 Å². The van der Waals surface area contributed by atoms with Crippen molar-refractivity contribution in [1.29, 1.82) is 0 Å². The zero-order valence-corrected chi connectivity index (χ0v) is 18.1. The van der Waals surface area contributed by atoms with E-state index < -0.39 is 0 Å². The molecule has 0 unspecified atom stereocenters. The zero-order valence-electron chi connectivity index (χ0n) is 18.1. The van der Waals surface area contributed by atoms with Gasteiger partial charge >= 0.3 is 0 Å². The third-order valence-corrected chi connectivity index (χ3v) is 6.71. The highest BCUT2D eigenvalue weighted by atomic mass is 16.3. The molecule has 3 N–H and O–H groups in total. The van der Waals surface area contributed by atoms with Gasteiger partial charge in [-0.25, -0.2) is 9.67 Å². The number of aliphatic hydroxyl groups is 1. The van der Waals surface area contributed by atoms with Crippen molar-refractivity contribution in [2.75, 3.05) is 39.0 Å². The number of nitrogen functional groups attached to an aromatic ring is 1. The van der Waals surface area contributed by atoms with Gasteiger partial charge in [-0.2, -0.15) is 10.1 Å². The van der Waals surface area contributed by atoms with E-state index in [1.54, 1.807) is 6.20 Å². The molecule has 1 saturated carbocycles. The van der Waals surface area contributed by atoms with Crippen molar-refractivity contribution in [3.05, 3.63) is 36.0 Å². The SMILES string of the molecule is CN1CCN(Cc2ccc(-c3nn(C4CCC(O)CC4)c4nc(N)ncc34)cc2)CC1. The second-order valence-electron chi connectivity index (χ2n) is 9.00. The maximum Gasteiger partial charge on any atom is 0.222 e. The molecule has 0 atom stereocenters. The number of nitrogens with two attached hydrogens (primary N) is 1. The molecule has 164 valence electrons. The third-order valence-electron chi connectivity index (χ3n) is 6.71. The molecular weight excluding hydrogens is 390 g/mol. The minimum atomic E-state index is -0.204. The average Bonchev–Trinajstić information content (AvgIpc) is 3.15. The molecule has 2 fully saturated rings. The first-order valence-corrected chi connectivity index (χ1v) is 11.3. The van der Waals surface area contributed by atoms with E-state index in [0.717, 1.165) is 80.7 Å². The number of aromatic nitrogens is 4. The van der Waals surface area contributed by atoms with Crippen LogP contribution >= 0.6 is 0 Å². The molecule has 0 radical (unpaired) electrons. The van der Waals surface area contributed by atoms with Crippen LogP contribution in [0.3, 0.4) is 0 Å². The highest BCUT2D eigenvalue weighted by Gasteiger charge is 2.25. The minimum absolute atomic E-state index is 0.204. The molecule has 8 nitrogen and oxygen atoms in total. The van der Waals surface area contributed by atoms with Gasteiger partial charge < -0.3 is 15.7 Å². The maximum absolute atomic E-state index is 9.89. The number of anilines is 1. The van der Waals surface area contributed by atoms with Crippen LogP contribution in [0.25, 0.3) is 22.3 Å². The van der Waals surface area contributed by atoms with Gasteiger partial charge in [-0.3, -0.25) is 4.90 Å². The first kappa shape index (κ1) is 20.4. The quantitative estimate of drug-likeness (QED) is 0.667. The summed E-state index contributed by atoms with van der Waals surface area (Å²) in [6.07, 6.45) is 4.96. The van der Waals surface area contributed by atoms with Gasteiger partial charge in [0.2, 0.25) is 5.95 Å². The van der Waals surface area contributed by atoms with Gasteiger partial charge in [-0.05, 0) is 38.3 Å². The van der Waals surface area contributed by atoms with Crippen LogP contribution in [0, 0.1) is 0 Å². The molecule has 1 saturated heterocycles. The maximum atomic E-state index is 9.89. The molecule has 1 aliphatic heterocycles. The Morgan fingerprint density at radius 1 is 1.03 bits per heavy atom. The lowest BCUT2D eigenvalue weighted by molar-refractivity contribution is 0.109. The topological polar surface area (TPSA) is 96.3 Å². The van der Waals surface area contributed by atoms with Crippen LogP contribution < -0.4 is 5.73 Å². The number of aliphatic hydroxyl groups excluding tert-OH is 1. The van der Waals surface area contributed by atoms with E-state index in [-0.39, 0.29) is 18.1 Å². The molecule has 1 aromatic carbocycles. The summed E-state index contributed by atoms with van der Waals surface area (Å²) in [6, 6.07) is 8.93. The van der Waals surface area contributed by atoms with E-state index in [9.17, 15) is 5.11 Å². The van der Waals surface area contributed by atoms with Crippen molar-refractivity contribution < 1.29 is 5.11 Å². The predicted molar refractivity (Wildman–Crippen MR) is 121 cm³/mol. The fourth-order valence-electron chi connectivity index (χ4n) is 4.74. The van der Waals surface area contributed by atoms with Crippen LogP contribution in [0.1, 0.15) is 37.3 Å². The lowest BCUT2D eigenvalue weighted by Crippen LogP contribution is -2.43. The molecule has 0 amide bonds. The van der Waals surface area contributed by atoms with Gasteiger partial charge in [0.05, 0.1) is 17.5 Å². The second-order valence-corrected chi connectivity index (χ2v) is 9.00. The van der Waals surface area contributed by atoms with Gasteiger partial charge in [0.1, 0.15) is 5.69 Å². The number of rotatable bonds is 4. The highest BCUT2D eigenvalue weighted by Crippen LogP contribution is 2.34. The number of likely N-dealkylation sites (N-methyl/N-ethyl adjacent to an activating group) is 1. The number of hydrogen-bond acceptors (Lipinski definition) is 7. The highest BCUT2D eigenvalue weighted by molar-refractivity contribution is 5.91. The van der Waals surface area contributed by atoms with Crippen LogP contribution in [0.4, 0.5) is 5.95 Å². The third kappa shape index (κ3) is 4.28. The Bertz CT molecular complexity index is 1030. The van der Waals surface area contributed by atoms with Crippen molar-refractivity contribution in [2.45, 2.75) is 44.4 Å². The van der Waals surface area contributed by atoms with Crippen molar-refractivity contribution >= 4 is 17.0 Å². The largest absolute Gasteiger partial charge is 0.393 e. The van der Waals surface area contributed by atoms with Gasteiger partial charge in [0.15, 0.2) is 5.65 Å². The van der Waals surface area contributed by atoms with E-state index in [1.165, 1.54) is 5.56 Å². The number of fused-ring (bicyclic) bond motifs is 1. The van der Waals surface area contributed by atoms with Crippen LogP contribution in [0.5, 0.6) is 0 Å². The van der Waals surface area contributed by atoms with E-state index >= 15 is 0 Å². The Labute approximate surface area is 182 Å². The monoisotopic (exact) mass is 421 g/mol. The fraction of sp³-hybridized carbons (Fsp3) is 0.522. The molecule has 3 heterocycles. The van der Waals surface area contributed by atoms with Gasteiger partial charge in [0, 0.05) is 44.5 Å². The Morgan fingerprint density at radius 3 is 2.45 bits per heavy atom. The van der Waals surface area contributed by atoms with E-state index in [2.05, 4.69) is 51.1 Å². The van der Waals surface area contributed by atoms with E-state index in [4.69, 9.17) is 10.8 Å². The molecule has 5 rings (SSSR count). The number of piperazine rings is 1. The first-order chi connectivity index (χ1) is 15.1. The Hall–Kier alpha value is -2.55. The Kier molecular flexibility index (Phi) is 5.60. The summed E-state index contributed by atoms with van der Waals surface area (Å²) >= 11 is 0. The molecule has 3 aromatic rings. The molecule has 0 bridgehead atoms. The number of benzene rings is 1. The molecular formula is C23H31N7O. The van der Waals surface area contributed by atoms with Crippen LogP contribution in [0.15, 0.2) is 30.5 Å². The van der Waals surface area contributed by atoms with Crippen molar-refractivity contribution in [2.24, 2.45) is 0 Å². The van der Waals surface area contributed by atoms with E-state index in [0.29, 0.717) is 0 Å². The summed E-state index contributed by atoms with van der Waals surface area (Å²) in [4.78, 5) is 13.6. The van der Waals surface area contributed by atoms with Crippen LogP contribution in [-0.4, -0.2) is 74.0 Å². The number of nitrogens with zero attached hydrogens (tertiary/aromatic N) is 6. The first-order valence-electron chi connectivity index (χ1n) is 11.3. The standard InChI is InChI=1S/C23H31N7O/c1-28-10-12-29(13-11-28)15-16-2-4-17(5-3-16)21-20-14-25-23(24)26-22(20)30(27-21)18-6-8-19(31)9-7-18/h2-5,14,18-19,31H,6-13,15H2,1H3,(H2,24,25,26). The molecule has 8 heteroatoms. The second kappa shape index (κ2) is 8.53. The summed E-state index contributed by atoms with van der Waals surface area (Å²) in [5.41, 5.74) is 9.96. The summed E-state index contributed by atoms with van der Waals surface area (Å²) in [5.74, 6) is 0.263. The summed E-state index contributed by atoms with van der Waals surface area (Å²) in [5, 5.41) is 15.8. The summed E-state index contributed by atoms with van der Waals surface area (Å²) in [7, 11) is 2.18. The van der Waals surface area contributed by atoms with Crippen molar-refractivity contribution in [3.63, 3.8) is 0 Å². The molecule has 2 aliphatic rings. The van der Waals surface area contributed by atoms with E-state index in [1.807, 2.05) is 4.68 Å². The van der Waals surface area contributed by atoms with Gasteiger partial charge in [-0.15, -0.1) is 0 Å². The molecule has 0 spiro atoms. The zero-order chi connectivity index (χ0) is 21.4. The lowest BCUT2D eigenvalue weighted by Gasteiger charge is -2.32. The fourth-order valence-corrected chi connectivity index (χ4v) is 4.74. The predicted octanol–water partition coefficient (Wildman–Crippen LogP) is 2.30. The summed E-state index contributed by atoms with van der Waals surface area (Å²) in [6.45, 7) is 5.46. The Balaban J connectivity index is 1.42. The van der Waals surface area contributed by atoms with Crippen LogP contribution in [-0.2, 0) is 6.54 Å². The average molecular weight is 422 g/mol. The molecule has 2 aromatic heterocycles. The number of hydrogen-bond donors (Lipinski definition) is 2. The smallest absolute Gasteiger partial charge is 0.222 e. The van der Waals surface area contributed by atoms with Crippen molar-refractivity contribution in [1.82, 2.24) is 29.5 Å². The summed E-state index contributed by atoms with van der Waals surface area (Å²) < 4.78 is 2.01. The van der Waals surface area contributed by atoms with Crippen LogP contribution in [0.2, 0.25) is 0 Å². The minimum Gasteiger partial charge on any atom is -0.393 e.